The van der Waals surface area contributed by atoms with Crippen LogP contribution in [0.5, 0.6) is 0 Å². The predicted molar refractivity (Wildman–Crippen MR) is 51.5 cm³/mol. The van der Waals surface area contributed by atoms with Crippen molar-refractivity contribution >= 4 is 22.2 Å². The summed E-state index contributed by atoms with van der Waals surface area (Å²) in [6.45, 7) is 1.96. The Kier molecular flexibility index (Phi) is 2.93. The molecule has 13 heavy (non-hydrogen) atoms. The third-order valence-electron chi connectivity index (χ3n) is 2.94. The summed E-state index contributed by atoms with van der Waals surface area (Å²) in [4.78, 5) is 14.3. The second-order valence-corrected chi connectivity index (χ2v) is 4.66. The molecule has 2 saturated heterocycles. The lowest BCUT2D eigenvalue weighted by atomic mass is 10.2. The van der Waals surface area contributed by atoms with Crippen molar-refractivity contribution in [2.24, 2.45) is 0 Å². The van der Waals surface area contributed by atoms with E-state index in [4.69, 9.17) is 0 Å². The Morgan fingerprint density at radius 1 is 1.38 bits per heavy atom. The maximum absolute atomic E-state index is 11.9. The summed E-state index contributed by atoms with van der Waals surface area (Å²) < 4.78 is 0. The molecule has 0 unspecified atom stereocenters. The van der Waals surface area contributed by atoms with Crippen LogP contribution in [0.3, 0.4) is 0 Å². The summed E-state index contributed by atoms with van der Waals surface area (Å²) in [6, 6.07) is 0.112. The maximum Gasteiger partial charge on any atom is 0.238 e. The molecule has 0 spiro atoms. The van der Waals surface area contributed by atoms with Gasteiger partial charge in [-0.3, -0.25) is 4.79 Å². The van der Waals surface area contributed by atoms with E-state index in [0.717, 1.165) is 38.8 Å². The van der Waals surface area contributed by atoms with Crippen LogP contribution < -0.4 is 5.32 Å². The first-order valence-electron chi connectivity index (χ1n) is 5.08. The van der Waals surface area contributed by atoms with Crippen LogP contribution in [0.2, 0.25) is 0 Å². The molecule has 2 fully saturated rings. The molecule has 2 rings (SSSR count). The first-order valence-corrected chi connectivity index (χ1v) is 5.75. The SMILES string of the molecule is O=C([C@@H]1CCCN1)N1CCC[C@H]1[Al]. The van der Waals surface area contributed by atoms with Crippen LogP contribution in [0.25, 0.3) is 0 Å². The van der Waals surface area contributed by atoms with Crippen LogP contribution in [0.4, 0.5) is 0 Å². The molecule has 0 aliphatic carbocycles. The average Bonchev–Trinajstić information content (AvgIpc) is 2.72. The molecular formula is C9H15AlN2O. The van der Waals surface area contributed by atoms with Crippen molar-refractivity contribution in [3.8, 4) is 0 Å². The van der Waals surface area contributed by atoms with Crippen LogP contribution in [-0.4, -0.2) is 51.1 Å². The van der Waals surface area contributed by atoms with Gasteiger partial charge in [0.25, 0.3) is 0 Å². The third-order valence-corrected chi connectivity index (χ3v) is 3.63. The van der Waals surface area contributed by atoms with Gasteiger partial charge in [-0.25, -0.2) is 0 Å². The van der Waals surface area contributed by atoms with E-state index >= 15 is 0 Å². The van der Waals surface area contributed by atoms with Gasteiger partial charge in [0.15, 0.2) is 16.3 Å². The van der Waals surface area contributed by atoms with Crippen molar-refractivity contribution in [2.75, 3.05) is 13.1 Å². The Labute approximate surface area is 87.3 Å². The molecule has 0 aromatic rings. The van der Waals surface area contributed by atoms with Crippen molar-refractivity contribution in [1.82, 2.24) is 10.2 Å². The number of nitrogens with one attached hydrogen (secondary N) is 1. The lowest BCUT2D eigenvalue weighted by Crippen LogP contribution is -2.45. The second kappa shape index (κ2) is 4.00. The van der Waals surface area contributed by atoms with E-state index in [1.54, 1.807) is 0 Å². The minimum Gasteiger partial charge on any atom is -0.355 e. The fourth-order valence-electron chi connectivity index (χ4n) is 2.16. The summed E-state index contributed by atoms with van der Waals surface area (Å²) in [5.41, 5.74) is 0. The van der Waals surface area contributed by atoms with Crippen LogP contribution in [0.15, 0.2) is 0 Å². The molecule has 1 amide bonds. The van der Waals surface area contributed by atoms with Crippen LogP contribution in [-0.2, 0) is 4.79 Å². The van der Waals surface area contributed by atoms with Gasteiger partial charge in [0.05, 0.1) is 6.04 Å². The zero-order valence-corrected chi connectivity index (χ0v) is 8.98. The van der Waals surface area contributed by atoms with Gasteiger partial charge in [-0.05, 0) is 37.1 Å². The first-order chi connectivity index (χ1) is 6.29. The summed E-state index contributed by atoms with van der Waals surface area (Å²) in [7, 11) is 0. The molecule has 2 aliphatic heterocycles. The number of hydrogen-bond donors (Lipinski definition) is 1. The average molecular weight is 194 g/mol. The van der Waals surface area contributed by atoms with Crippen molar-refractivity contribution in [1.29, 1.82) is 0 Å². The van der Waals surface area contributed by atoms with Gasteiger partial charge in [0.2, 0.25) is 5.91 Å². The molecule has 1 N–H and O–H groups in total. The van der Waals surface area contributed by atoms with E-state index < -0.39 is 0 Å². The number of nitrogens with zero attached hydrogens (tertiary/aromatic N) is 1. The molecular weight excluding hydrogens is 179 g/mol. The normalized spacial score (nSPS) is 34.0. The van der Waals surface area contributed by atoms with Gasteiger partial charge in [0.1, 0.15) is 0 Å². The minimum absolute atomic E-state index is 0.112. The highest BCUT2D eigenvalue weighted by Gasteiger charge is 2.31. The molecule has 2 heterocycles. The Morgan fingerprint density at radius 2 is 2.23 bits per heavy atom. The van der Waals surface area contributed by atoms with E-state index in [1.165, 1.54) is 0 Å². The number of hydrogen-bond acceptors (Lipinski definition) is 2. The monoisotopic (exact) mass is 194 g/mol. The first kappa shape index (κ1) is 9.51. The summed E-state index contributed by atoms with van der Waals surface area (Å²) in [6.07, 6.45) is 4.47. The molecule has 0 bridgehead atoms. The quantitative estimate of drug-likeness (QED) is 0.589. The van der Waals surface area contributed by atoms with E-state index in [0.29, 0.717) is 10.8 Å². The standard InChI is InChI=1S/C9H15N2O.Al/c12-9(8-4-3-5-10-8)11-6-1-2-7-11;/h6,8,10H,1-5,7H2;/t8-;/m0./s1. The number of rotatable bonds is 1. The van der Waals surface area contributed by atoms with Gasteiger partial charge < -0.3 is 10.2 Å². The molecule has 70 valence electrons. The number of likely N-dealkylation sites (tertiary alicyclic amines) is 1. The molecule has 4 heteroatoms. The molecule has 0 saturated carbocycles. The molecule has 3 nitrogen and oxygen atoms in total. The van der Waals surface area contributed by atoms with E-state index in [9.17, 15) is 4.79 Å². The molecule has 0 aromatic carbocycles. The zero-order chi connectivity index (χ0) is 9.26. The van der Waals surface area contributed by atoms with Gasteiger partial charge >= 0.3 is 0 Å². The Bertz CT molecular complexity index is 204. The largest absolute Gasteiger partial charge is 0.355 e. The number of amides is 1. The minimum atomic E-state index is 0.112. The fraction of sp³-hybridized carbons (Fsp3) is 0.889. The van der Waals surface area contributed by atoms with E-state index in [1.807, 2.05) is 4.90 Å². The third kappa shape index (κ3) is 1.91. The summed E-state index contributed by atoms with van der Waals surface area (Å²) in [5, 5.41) is 3.25. The van der Waals surface area contributed by atoms with Crippen molar-refractivity contribution in [2.45, 2.75) is 36.6 Å². The Morgan fingerprint density at radius 3 is 2.77 bits per heavy atom. The van der Waals surface area contributed by atoms with Gasteiger partial charge in [0, 0.05) is 6.54 Å². The molecule has 2 atom stereocenters. The van der Waals surface area contributed by atoms with E-state index in [2.05, 4.69) is 21.6 Å². The zero-order valence-electron chi connectivity index (χ0n) is 7.83. The van der Waals surface area contributed by atoms with Crippen molar-refractivity contribution in [3.63, 3.8) is 0 Å². The van der Waals surface area contributed by atoms with Gasteiger partial charge in [-0.2, -0.15) is 0 Å². The van der Waals surface area contributed by atoms with Gasteiger partial charge in [-0.15, -0.1) is 0 Å². The highest BCUT2D eigenvalue weighted by atomic mass is 27.0. The second-order valence-electron chi connectivity index (χ2n) is 3.89. The lowest BCUT2D eigenvalue weighted by Gasteiger charge is -2.25. The van der Waals surface area contributed by atoms with Crippen LogP contribution >= 0.6 is 0 Å². The highest BCUT2D eigenvalue weighted by molar-refractivity contribution is 6.13. The number of carbonyl (C=O) groups excluding carboxylic acids is 1. The summed E-state index contributed by atoms with van der Waals surface area (Å²) in [5.74, 6) is 0.315. The Hall–Kier alpha value is -0.0375. The molecule has 0 aromatic heterocycles. The molecule has 2 radical (unpaired) electrons. The van der Waals surface area contributed by atoms with Crippen molar-refractivity contribution in [3.05, 3.63) is 0 Å². The fourth-order valence-corrected chi connectivity index (χ4v) is 2.69. The van der Waals surface area contributed by atoms with Gasteiger partial charge in [-0.1, -0.05) is 0 Å². The Balaban J connectivity index is 1.95. The van der Waals surface area contributed by atoms with E-state index in [-0.39, 0.29) is 6.04 Å². The smallest absolute Gasteiger partial charge is 0.238 e. The highest BCUT2D eigenvalue weighted by Crippen LogP contribution is 2.18. The topological polar surface area (TPSA) is 32.3 Å². The predicted octanol–water partition coefficient (Wildman–Crippen LogP) is -0.145. The lowest BCUT2D eigenvalue weighted by molar-refractivity contribution is -0.132. The van der Waals surface area contributed by atoms with Crippen molar-refractivity contribution < 1.29 is 4.79 Å². The van der Waals surface area contributed by atoms with Crippen LogP contribution in [0, 0.1) is 0 Å². The maximum atomic E-state index is 11.9. The molecule has 2 aliphatic rings. The van der Waals surface area contributed by atoms with Crippen LogP contribution in [0.1, 0.15) is 25.7 Å². The number of carbonyl (C=O) groups is 1. The summed E-state index contributed by atoms with van der Waals surface area (Å²) >= 11 is 2.76.